The molecule has 4 heteroatoms. The number of aliphatic hydroxyl groups is 1. The second kappa shape index (κ2) is 6.86. The number of benzene rings is 1. The van der Waals surface area contributed by atoms with Crippen molar-refractivity contribution in [1.82, 2.24) is 10.6 Å². The summed E-state index contributed by atoms with van der Waals surface area (Å²) in [5, 5.41) is 15.6. The number of amides is 1. The summed E-state index contributed by atoms with van der Waals surface area (Å²) in [6.07, 6.45) is 4.15. The first-order valence-electron chi connectivity index (χ1n) is 7.32. The van der Waals surface area contributed by atoms with Crippen LogP contribution in [0.1, 0.15) is 36.8 Å². The molecule has 1 aromatic carbocycles. The van der Waals surface area contributed by atoms with E-state index < -0.39 is 0 Å². The van der Waals surface area contributed by atoms with Crippen LogP contribution < -0.4 is 10.6 Å². The van der Waals surface area contributed by atoms with Gasteiger partial charge in [0.15, 0.2) is 0 Å². The van der Waals surface area contributed by atoms with Gasteiger partial charge in [0.25, 0.3) is 0 Å². The van der Waals surface area contributed by atoms with E-state index in [1.54, 1.807) is 0 Å². The summed E-state index contributed by atoms with van der Waals surface area (Å²) in [6.45, 7) is 2.97. The predicted molar refractivity (Wildman–Crippen MR) is 79.3 cm³/mol. The van der Waals surface area contributed by atoms with E-state index >= 15 is 0 Å². The Bertz CT molecular complexity index is 436. The van der Waals surface area contributed by atoms with Crippen LogP contribution in [0.2, 0.25) is 0 Å². The molecule has 0 bridgehead atoms. The first-order valence-corrected chi connectivity index (χ1v) is 7.32. The minimum absolute atomic E-state index is 0.0229. The molecule has 0 atom stereocenters. The van der Waals surface area contributed by atoms with Crippen LogP contribution in [0.3, 0.4) is 0 Å². The Labute approximate surface area is 120 Å². The maximum atomic E-state index is 11.8. The van der Waals surface area contributed by atoms with Crippen LogP contribution >= 0.6 is 0 Å². The van der Waals surface area contributed by atoms with Crippen molar-refractivity contribution >= 4 is 5.91 Å². The summed E-state index contributed by atoms with van der Waals surface area (Å²) in [5.41, 5.74) is 2.08. The molecule has 1 aliphatic rings. The van der Waals surface area contributed by atoms with Crippen molar-refractivity contribution < 1.29 is 9.90 Å². The van der Waals surface area contributed by atoms with E-state index in [1.807, 2.05) is 31.2 Å². The second-order valence-electron chi connectivity index (χ2n) is 5.76. The van der Waals surface area contributed by atoms with E-state index in [1.165, 1.54) is 5.56 Å². The van der Waals surface area contributed by atoms with Crippen molar-refractivity contribution in [1.29, 1.82) is 0 Å². The summed E-state index contributed by atoms with van der Waals surface area (Å²) in [5.74, 6) is -0.0229. The van der Waals surface area contributed by atoms with Gasteiger partial charge >= 0.3 is 0 Å². The lowest BCUT2D eigenvalue weighted by Crippen LogP contribution is -2.50. The number of carbonyl (C=O) groups excluding carboxylic acids is 1. The molecule has 0 unspecified atom stereocenters. The highest BCUT2D eigenvalue weighted by Gasteiger charge is 2.32. The van der Waals surface area contributed by atoms with Crippen molar-refractivity contribution in [3.8, 4) is 0 Å². The third kappa shape index (κ3) is 4.05. The molecular weight excluding hydrogens is 252 g/mol. The van der Waals surface area contributed by atoms with Crippen molar-refractivity contribution in [2.75, 3.05) is 13.2 Å². The van der Waals surface area contributed by atoms with E-state index in [4.69, 9.17) is 0 Å². The lowest BCUT2D eigenvalue weighted by molar-refractivity contribution is -0.120. The molecule has 1 fully saturated rings. The maximum absolute atomic E-state index is 11.8. The lowest BCUT2D eigenvalue weighted by atomic mass is 9.99. The zero-order chi connectivity index (χ0) is 14.4. The van der Waals surface area contributed by atoms with Gasteiger partial charge in [0.1, 0.15) is 0 Å². The zero-order valence-electron chi connectivity index (χ0n) is 12.1. The van der Waals surface area contributed by atoms with Gasteiger partial charge in [-0.3, -0.25) is 4.79 Å². The number of aliphatic hydroxyl groups excluding tert-OH is 1. The molecule has 0 saturated heterocycles. The molecule has 1 amide bonds. The van der Waals surface area contributed by atoms with Gasteiger partial charge in [0, 0.05) is 12.1 Å². The number of nitrogens with one attached hydrogen (secondary N) is 2. The highest BCUT2D eigenvalue weighted by atomic mass is 16.3. The minimum Gasteiger partial charge on any atom is -0.394 e. The first kappa shape index (κ1) is 15.0. The number of hydrogen-bond donors (Lipinski definition) is 3. The zero-order valence-corrected chi connectivity index (χ0v) is 12.1. The van der Waals surface area contributed by atoms with Gasteiger partial charge in [-0.1, -0.05) is 42.7 Å². The SMILES string of the molecule is Cc1ccc(CNC(=O)CNC2(CO)CCCC2)cc1. The molecule has 0 spiro atoms. The van der Waals surface area contributed by atoms with Gasteiger partial charge in [-0.25, -0.2) is 0 Å². The molecular formula is C16H24N2O2. The average molecular weight is 276 g/mol. The molecule has 1 aliphatic carbocycles. The Kier molecular flexibility index (Phi) is 5.15. The molecule has 1 saturated carbocycles. The average Bonchev–Trinajstić information content (AvgIpc) is 2.94. The molecule has 110 valence electrons. The van der Waals surface area contributed by atoms with Crippen molar-refractivity contribution in [3.05, 3.63) is 35.4 Å². The quantitative estimate of drug-likeness (QED) is 0.738. The van der Waals surface area contributed by atoms with Crippen molar-refractivity contribution in [3.63, 3.8) is 0 Å². The molecule has 0 aromatic heterocycles. The second-order valence-corrected chi connectivity index (χ2v) is 5.76. The molecule has 20 heavy (non-hydrogen) atoms. The van der Waals surface area contributed by atoms with Crippen LogP contribution in [0.4, 0.5) is 0 Å². The van der Waals surface area contributed by atoms with E-state index in [2.05, 4.69) is 10.6 Å². The Hall–Kier alpha value is -1.39. The smallest absolute Gasteiger partial charge is 0.234 e. The summed E-state index contributed by atoms with van der Waals surface area (Å²) >= 11 is 0. The molecule has 2 rings (SSSR count). The molecule has 1 aromatic rings. The number of aryl methyl sites for hydroxylation is 1. The fourth-order valence-corrected chi connectivity index (χ4v) is 2.68. The number of hydrogen-bond acceptors (Lipinski definition) is 3. The van der Waals surface area contributed by atoms with Crippen molar-refractivity contribution in [2.24, 2.45) is 0 Å². The van der Waals surface area contributed by atoms with Crippen LogP contribution in [-0.4, -0.2) is 29.7 Å². The first-order chi connectivity index (χ1) is 9.63. The topological polar surface area (TPSA) is 61.4 Å². The summed E-state index contributed by atoms with van der Waals surface area (Å²) in [6, 6.07) is 8.13. The number of carbonyl (C=O) groups is 1. The normalized spacial score (nSPS) is 17.1. The summed E-state index contributed by atoms with van der Waals surface area (Å²) in [7, 11) is 0. The highest BCUT2D eigenvalue weighted by molar-refractivity contribution is 5.78. The number of rotatable bonds is 6. The van der Waals surface area contributed by atoms with E-state index in [9.17, 15) is 9.90 Å². The third-order valence-electron chi connectivity index (χ3n) is 4.10. The van der Waals surface area contributed by atoms with E-state index in [-0.39, 0.29) is 24.6 Å². The standard InChI is InChI=1S/C16H24N2O2/c1-13-4-6-14(7-5-13)10-17-15(20)11-18-16(12-19)8-2-3-9-16/h4-7,18-19H,2-3,8-12H2,1H3,(H,17,20). The molecule has 4 nitrogen and oxygen atoms in total. The Morgan fingerprint density at radius 1 is 1.25 bits per heavy atom. The van der Waals surface area contributed by atoms with Crippen LogP contribution in [0.15, 0.2) is 24.3 Å². The molecule has 0 heterocycles. The lowest BCUT2D eigenvalue weighted by Gasteiger charge is -2.27. The Balaban J connectivity index is 1.74. The Morgan fingerprint density at radius 2 is 1.90 bits per heavy atom. The predicted octanol–water partition coefficient (Wildman–Crippen LogP) is 1.51. The highest BCUT2D eigenvalue weighted by Crippen LogP contribution is 2.28. The van der Waals surface area contributed by atoms with Crippen LogP contribution in [0.25, 0.3) is 0 Å². The van der Waals surface area contributed by atoms with E-state index in [0.717, 1.165) is 31.2 Å². The summed E-state index contributed by atoms with van der Waals surface area (Å²) < 4.78 is 0. The fraction of sp³-hybridized carbons (Fsp3) is 0.562. The van der Waals surface area contributed by atoms with Crippen LogP contribution in [0, 0.1) is 6.92 Å². The van der Waals surface area contributed by atoms with Gasteiger partial charge in [0.2, 0.25) is 5.91 Å². The Morgan fingerprint density at radius 3 is 2.50 bits per heavy atom. The monoisotopic (exact) mass is 276 g/mol. The third-order valence-corrected chi connectivity index (χ3v) is 4.10. The van der Waals surface area contributed by atoms with Gasteiger partial charge in [-0.15, -0.1) is 0 Å². The largest absolute Gasteiger partial charge is 0.394 e. The van der Waals surface area contributed by atoms with E-state index in [0.29, 0.717) is 6.54 Å². The van der Waals surface area contributed by atoms with Gasteiger partial charge < -0.3 is 15.7 Å². The van der Waals surface area contributed by atoms with Gasteiger partial charge in [-0.2, -0.15) is 0 Å². The van der Waals surface area contributed by atoms with Gasteiger partial charge in [-0.05, 0) is 25.3 Å². The summed E-state index contributed by atoms with van der Waals surface area (Å²) in [4.78, 5) is 11.8. The maximum Gasteiger partial charge on any atom is 0.234 e. The van der Waals surface area contributed by atoms with Crippen LogP contribution in [-0.2, 0) is 11.3 Å². The molecule has 3 N–H and O–H groups in total. The minimum atomic E-state index is -0.235. The molecule has 0 aliphatic heterocycles. The van der Waals surface area contributed by atoms with Crippen LogP contribution in [0.5, 0.6) is 0 Å². The van der Waals surface area contributed by atoms with Gasteiger partial charge in [0.05, 0.1) is 13.2 Å². The molecule has 0 radical (unpaired) electrons. The fourth-order valence-electron chi connectivity index (χ4n) is 2.68. The van der Waals surface area contributed by atoms with Crippen molar-refractivity contribution in [2.45, 2.75) is 44.7 Å².